The molecule has 5 rings (SSSR count). The highest BCUT2D eigenvalue weighted by molar-refractivity contribution is 5.30. The molecule has 1 unspecified atom stereocenters. The lowest BCUT2D eigenvalue weighted by molar-refractivity contribution is -0.0154. The van der Waals surface area contributed by atoms with Gasteiger partial charge in [0.2, 0.25) is 0 Å². The van der Waals surface area contributed by atoms with Crippen LogP contribution in [0.5, 0.6) is 0 Å². The third kappa shape index (κ3) is 1.72. The minimum absolute atomic E-state index is 0.0893. The molecule has 0 aliphatic heterocycles. The Morgan fingerprint density at radius 2 is 1.68 bits per heavy atom. The number of rotatable bonds is 2. The Kier molecular flexibility index (Phi) is 2.45. The van der Waals surface area contributed by atoms with Crippen LogP contribution in [0, 0.1) is 24.7 Å². The molecule has 0 amide bonds. The molecule has 1 aromatic heterocycles. The van der Waals surface area contributed by atoms with Crippen LogP contribution >= 0.6 is 0 Å². The molecular weight excluding hydrogens is 234 g/mol. The Bertz CT molecular complexity index is 464. The van der Waals surface area contributed by atoms with Gasteiger partial charge in [-0.25, -0.2) is 0 Å². The number of aryl methyl sites for hydroxylation is 1. The van der Waals surface area contributed by atoms with Crippen LogP contribution in [0.3, 0.4) is 0 Å². The highest BCUT2D eigenvalue weighted by Crippen LogP contribution is 2.61. The van der Waals surface area contributed by atoms with Gasteiger partial charge in [0.05, 0.1) is 0 Å². The summed E-state index contributed by atoms with van der Waals surface area (Å²) in [5.41, 5.74) is 7.64. The molecule has 2 nitrogen and oxygen atoms in total. The van der Waals surface area contributed by atoms with Crippen LogP contribution in [0.2, 0.25) is 0 Å². The number of hydrogen-bond donors (Lipinski definition) is 1. The predicted octanol–water partition coefficient (Wildman–Crippen LogP) is 4.08. The van der Waals surface area contributed by atoms with Crippen molar-refractivity contribution in [1.29, 1.82) is 0 Å². The fraction of sp³-hybridized carbons (Fsp3) is 0.765. The quantitative estimate of drug-likeness (QED) is 0.869. The lowest BCUT2D eigenvalue weighted by Gasteiger charge is -2.55. The first-order valence-corrected chi connectivity index (χ1v) is 7.92. The topological polar surface area (TPSA) is 39.2 Å². The summed E-state index contributed by atoms with van der Waals surface area (Å²) in [4.78, 5) is 0. The normalized spacial score (nSPS) is 41.7. The highest BCUT2D eigenvalue weighted by Gasteiger charge is 2.53. The van der Waals surface area contributed by atoms with E-state index in [1.165, 1.54) is 49.8 Å². The maximum absolute atomic E-state index is 6.18. The minimum Gasteiger partial charge on any atom is -0.465 e. The van der Waals surface area contributed by atoms with E-state index in [2.05, 4.69) is 19.9 Å². The average molecular weight is 259 g/mol. The third-order valence-electron chi connectivity index (χ3n) is 6.01. The van der Waals surface area contributed by atoms with E-state index in [0.717, 1.165) is 23.5 Å². The van der Waals surface area contributed by atoms with E-state index in [1.807, 2.05) is 0 Å². The summed E-state index contributed by atoms with van der Waals surface area (Å²) in [6.45, 7) is 4.13. The van der Waals surface area contributed by atoms with Gasteiger partial charge in [-0.3, -0.25) is 0 Å². The first kappa shape index (κ1) is 12.0. The molecule has 4 bridgehead atoms. The summed E-state index contributed by atoms with van der Waals surface area (Å²) in [7, 11) is 0. The van der Waals surface area contributed by atoms with E-state index in [4.69, 9.17) is 10.2 Å². The standard InChI is InChI=1S/C17H25NO/c1-10(18)15-6-16(19-11(15)2)17-7-12-3-13(8-17)5-14(4-12)9-17/h6,10,12-14H,3-5,7-9,18H2,1-2H3. The second-order valence-electron chi connectivity index (χ2n) is 7.61. The molecule has 4 fully saturated rings. The second kappa shape index (κ2) is 3.88. The number of furan rings is 1. The summed E-state index contributed by atoms with van der Waals surface area (Å²) < 4.78 is 6.18. The molecule has 0 spiro atoms. The van der Waals surface area contributed by atoms with Crippen molar-refractivity contribution in [3.63, 3.8) is 0 Å². The molecule has 1 heterocycles. The first-order valence-electron chi connectivity index (χ1n) is 7.92. The molecule has 104 valence electrons. The van der Waals surface area contributed by atoms with Gasteiger partial charge in [0.15, 0.2) is 0 Å². The Labute approximate surface area is 115 Å². The summed E-state index contributed by atoms with van der Waals surface area (Å²) >= 11 is 0. The molecule has 0 aromatic carbocycles. The van der Waals surface area contributed by atoms with Gasteiger partial charge in [0.1, 0.15) is 11.5 Å². The Balaban J connectivity index is 1.73. The molecule has 1 aromatic rings. The molecule has 2 N–H and O–H groups in total. The van der Waals surface area contributed by atoms with Crippen LogP contribution in [0.4, 0.5) is 0 Å². The lowest BCUT2D eigenvalue weighted by atomic mass is 9.49. The van der Waals surface area contributed by atoms with Crippen LogP contribution < -0.4 is 5.73 Å². The largest absolute Gasteiger partial charge is 0.465 e. The Morgan fingerprint density at radius 1 is 1.16 bits per heavy atom. The fourth-order valence-electron chi connectivity index (χ4n) is 5.62. The Morgan fingerprint density at radius 3 is 2.11 bits per heavy atom. The van der Waals surface area contributed by atoms with Gasteiger partial charge in [0.25, 0.3) is 0 Å². The summed E-state index contributed by atoms with van der Waals surface area (Å²) in [5, 5.41) is 0. The fourth-order valence-corrected chi connectivity index (χ4v) is 5.62. The van der Waals surface area contributed by atoms with E-state index in [0.29, 0.717) is 5.41 Å². The van der Waals surface area contributed by atoms with Gasteiger partial charge in [-0.15, -0.1) is 0 Å². The van der Waals surface area contributed by atoms with Crippen LogP contribution in [0.25, 0.3) is 0 Å². The molecule has 0 saturated heterocycles. The van der Waals surface area contributed by atoms with Crippen molar-refractivity contribution in [2.24, 2.45) is 23.5 Å². The maximum atomic E-state index is 6.18. The molecular formula is C17H25NO. The second-order valence-corrected chi connectivity index (χ2v) is 7.61. The van der Waals surface area contributed by atoms with Gasteiger partial charge in [-0.05, 0) is 76.2 Å². The zero-order valence-electron chi connectivity index (χ0n) is 12.1. The van der Waals surface area contributed by atoms with Crippen molar-refractivity contribution in [1.82, 2.24) is 0 Å². The molecule has 0 radical (unpaired) electrons. The molecule has 4 aliphatic carbocycles. The smallest absolute Gasteiger partial charge is 0.110 e. The van der Waals surface area contributed by atoms with E-state index in [-0.39, 0.29) is 6.04 Å². The minimum atomic E-state index is 0.0893. The summed E-state index contributed by atoms with van der Waals surface area (Å²) in [6, 6.07) is 2.37. The molecule has 1 atom stereocenters. The van der Waals surface area contributed by atoms with Gasteiger partial charge in [0, 0.05) is 17.0 Å². The third-order valence-corrected chi connectivity index (χ3v) is 6.01. The van der Waals surface area contributed by atoms with E-state index in [9.17, 15) is 0 Å². The highest BCUT2D eigenvalue weighted by atomic mass is 16.3. The molecule has 4 aliphatic rings. The molecule has 4 saturated carbocycles. The average Bonchev–Trinajstić information content (AvgIpc) is 2.70. The van der Waals surface area contributed by atoms with E-state index >= 15 is 0 Å². The first-order chi connectivity index (χ1) is 9.06. The maximum Gasteiger partial charge on any atom is 0.110 e. The van der Waals surface area contributed by atoms with Crippen molar-refractivity contribution < 1.29 is 4.42 Å². The van der Waals surface area contributed by atoms with Crippen molar-refractivity contribution in [3.05, 3.63) is 23.2 Å². The zero-order valence-corrected chi connectivity index (χ0v) is 12.1. The van der Waals surface area contributed by atoms with Crippen LogP contribution in [-0.4, -0.2) is 0 Å². The number of hydrogen-bond acceptors (Lipinski definition) is 2. The van der Waals surface area contributed by atoms with Gasteiger partial charge >= 0.3 is 0 Å². The van der Waals surface area contributed by atoms with Crippen molar-refractivity contribution >= 4 is 0 Å². The summed E-state index contributed by atoms with van der Waals surface area (Å²) in [6.07, 6.45) is 8.55. The Hall–Kier alpha value is -0.760. The van der Waals surface area contributed by atoms with Crippen LogP contribution in [0.15, 0.2) is 10.5 Å². The zero-order chi connectivity index (χ0) is 13.2. The monoisotopic (exact) mass is 259 g/mol. The van der Waals surface area contributed by atoms with Crippen molar-refractivity contribution in [2.45, 2.75) is 63.8 Å². The predicted molar refractivity (Wildman–Crippen MR) is 75.9 cm³/mol. The summed E-state index contributed by atoms with van der Waals surface area (Å²) in [5.74, 6) is 5.21. The van der Waals surface area contributed by atoms with Gasteiger partial charge in [-0.2, -0.15) is 0 Å². The van der Waals surface area contributed by atoms with Crippen LogP contribution in [-0.2, 0) is 5.41 Å². The van der Waals surface area contributed by atoms with E-state index < -0.39 is 0 Å². The van der Waals surface area contributed by atoms with Gasteiger partial charge < -0.3 is 10.2 Å². The molecule has 19 heavy (non-hydrogen) atoms. The SMILES string of the molecule is Cc1oc(C23CC4CC(CC(C4)C2)C3)cc1C(C)N. The van der Waals surface area contributed by atoms with E-state index in [1.54, 1.807) is 0 Å². The van der Waals surface area contributed by atoms with Crippen molar-refractivity contribution in [2.75, 3.05) is 0 Å². The molecule has 2 heteroatoms. The van der Waals surface area contributed by atoms with Gasteiger partial charge in [-0.1, -0.05) is 0 Å². The van der Waals surface area contributed by atoms with Crippen LogP contribution in [0.1, 0.15) is 68.6 Å². The number of nitrogens with two attached hydrogens (primary N) is 1. The van der Waals surface area contributed by atoms with Crippen molar-refractivity contribution in [3.8, 4) is 0 Å². The lowest BCUT2D eigenvalue weighted by Crippen LogP contribution is -2.48.